The molecule has 2 aliphatic rings. The van der Waals surface area contributed by atoms with Crippen molar-refractivity contribution < 1.29 is 9.53 Å². The third-order valence-corrected chi connectivity index (χ3v) is 6.54. The standard InChI is InChI=1S/C20H14ClN7O3S2/c1-9-25-27-16(29)7-12(23-19(27)32-9)8-31-15-4-3-11(6-14(15)21)5-13-17(22)28-20(24-18(13)30)33-10(2)26-28/h3-7,22H,8H2,1-2H3/b13-5-,22-17?. The molecule has 0 saturated carbocycles. The number of amides is 1. The molecule has 166 valence electrons. The largest absolute Gasteiger partial charge is 0.486 e. The Morgan fingerprint density at radius 1 is 1.24 bits per heavy atom. The Kier molecular flexibility index (Phi) is 5.35. The maximum atomic E-state index is 12.4. The second kappa shape index (κ2) is 8.21. The zero-order chi connectivity index (χ0) is 23.3. The highest BCUT2D eigenvalue weighted by molar-refractivity contribution is 8.26. The van der Waals surface area contributed by atoms with Crippen LogP contribution in [0.3, 0.4) is 0 Å². The van der Waals surface area contributed by atoms with E-state index >= 15 is 0 Å². The highest BCUT2D eigenvalue weighted by Crippen LogP contribution is 2.30. The van der Waals surface area contributed by atoms with Gasteiger partial charge >= 0.3 is 0 Å². The lowest BCUT2D eigenvalue weighted by Gasteiger charge is -2.20. The lowest BCUT2D eigenvalue weighted by molar-refractivity contribution is -0.114. The highest BCUT2D eigenvalue weighted by atomic mass is 35.5. The van der Waals surface area contributed by atoms with Crippen LogP contribution in [0.2, 0.25) is 5.02 Å². The van der Waals surface area contributed by atoms with Crippen LogP contribution in [0, 0.1) is 12.3 Å². The van der Waals surface area contributed by atoms with Crippen LogP contribution in [0.4, 0.5) is 0 Å². The zero-order valence-corrected chi connectivity index (χ0v) is 19.6. The summed E-state index contributed by atoms with van der Waals surface area (Å²) < 4.78 is 7.00. The molecule has 0 atom stereocenters. The number of hydrazone groups is 1. The van der Waals surface area contributed by atoms with Gasteiger partial charge in [0.15, 0.2) is 5.84 Å². The minimum atomic E-state index is -0.508. The molecule has 0 saturated heterocycles. The van der Waals surface area contributed by atoms with Gasteiger partial charge in [-0.25, -0.2) is 4.98 Å². The molecule has 4 heterocycles. The number of ether oxygens (including phenoxy) is 1. The molecule has 2 aliphatic heterocycles. The normalized spacial score (nSPS) is 16.9. The number of carbonyl (C=O) groups excluding carboxylic acids is 1. The van der Waals surface area contributed by atoms with Crippen LogP contribution < -0.4 is 10.3 Å². The van der Waals surface area contributed by atoms with E-state index in [0.717, 1.165) is 5.01 Å². The van der Waals surface area contributed by atoms with Gasteiger partial charge in [0.2, 0.25) is 10.1 Å². The van der Waals surface area contributed by atoms with Crippen molar-refractivity contribution in [3.63, 3.8) is 0 Å². The number of aliphatic imine (C=N–C) groups is 1. The summed E-state index contributed by atoms with van der Waals surface area (Å²) in [6.45, 7) is 3.64. The van der Waals surface area contributed by atoms with E-state index in [2.05, 4.69) is 20.2 Å². The molecule has 13 heteroatoms. The predicted molar refractivity (Wildman–Crippen MR) is 128 cm³/mol. The number of fused-ring (bicyclic) bond motifs is 2. The summed E-state index contributed by atoms with van der Waals surface area (Å²) in [4.78, 5) is 33.5. The first-order chi connectivity index (χ1) is 15.8. The number of benzene rings is 1. The molecule has 0 unspecified atom stereocenters. The van der Waals surface area contributed by atoms with E-state index in [1.165, 1.54) is 44.8 Å². The summed E-state index contributed by atoms with van der Waals surface area (Å²) in [6, 6.07) is 6.35. The smallest absolute Gasteiger partial charge is 0.283 e. The summed E-state index contributed by atoms with van der Waals surface area (Å²) in [5.74, 6) is -0.161. The summed E-state index contributed by atoms with van der Waals surface area (Å²) in [5, 5.41) is 20.1. The van der Waals surface area contributed by atoms with Crippen LogP contribution in [-0.2, 0) is 11.4 Å². The average molecular weight is 500 g/mol. The number of aryl methyl sites for hydroxylation is 1. The predicted octanol–water partition coefficient (Wildman–Crippen LogP) is 3.33. The van der Waals surface area contributed by atoms with E-state index < -0.39 is 5.91 Å². The Balaban J connectivity index is 1.35. The fourth-order valence-corrected chi connectivity index (χ4v) is 4.90. The fraction of sp³-hybridized carbons (Fsp3) is 0.150. The molecule has 1 aromatic carbocycles. The number of hydrogen-bond acceptors (Lipinski definition) is 9. The molecular weight excluding hydrogens is 486 g/mol. The van der Waals surface area contributed by atoms with Crippen molar-refractivity contribution in [2.24, 2.45) is 10.1 Å². The Hall–Kier alpha value is -3.35. The van der Waals surface area contributed by atoms with Crippen molar-refractivity contribution in [3.8, 4) is 5.75 Å². The van der Waals surface area contributed by atoms with Gasteiger partial charge in [0.25, 0.3) is 11.5 Å². The van der Waals surface area contributed by atoms with Gasteiger partial charge in [-0.15, -0.1) is 0 Å². The molecule has 1 N–H and O–H groups in total. The van der Waals surface area contributed by atoms with Crippen molar-refractivity contribution in [1.82, 2.24) is 19.6 Å². The summed E-state index contributed by atoms with van der Waals surface area (Å²) in [6.07, 6.45) is 1.54. The molecule has 10 nitrogen and oxygen atoms in total. The molecule has 0 spiro atoms. The van der Waals surface area contributed by atoms with E-state index in [-0.39, 0.29) is 23.6 Å². The minimum absolute atomic E-state index is 0.0446. The second-order valence-corrected chi connectivity index (χ2v) is 9.75. The maximum absolute atomic E-state index is 12.4. The van der Waals surface area contributed by atoms with Crippen LogP contribution in [0.5, 0.6) is 5.75 Å². The van der Waals surface area contributed by atoms with Crippen LogP contribution in [0.1, 0.15) is 23.2 Å². The molecule has 3 aromatic rings. The molecule has 2 aromatic heterocycles. The molecule has 5 rings (SSSR count). The average Bonchev–Trinajstić information content (AvgIpc) is 3.32. The van der Waals surface area contributed by atoms with E-state index in [0.29, 0.717) is 37.2 Å². The van der Waals surface area contributed by atoms with Crippen LogP contribution >= 0.6 is 34.7 Å². The number of hydrogen-bond donors (Lipinski definition) is 1. The summed E-state index contributed by atoms with van der Waals surface area (Å²) in [5.41, 5.74) is 0.891. The summed E-state index contributed by atoms with van der Waals surface area (Å²) >= 11 is 8.94. The Labute approximate surface area is 199 Å². The van der Waals surface area contributed by atoms with Crippen LogP contribution in [0.15, 0.2) is 44.7 Å². The number of carbonyl (C=O) groups is 1. The van der Waals surface area contributed by atoms with Crippen molar-refractivity contribution >= 4 is 67.7 Å². The minimum Gasteiger partial charge on any atom is -0.486 e. The van der Waals surface area contributed by atoms with Gasteiger partial charge in [0.05, 0.1) is 21.3 Å². The van der Waals surface area contributed by atoms with E-state index in [9.17, 15) is 9.59 Å². The van der Waals surface area contributed by atoms with Crippen molar-refractivity contribution in [3.05, 3.63) is 61.5 Å². The van der Waals surface area contributed by atoms with E-state index in [4.69, 9.17) is 21.7 Å². The molecule has 33 heavy (non-hydrogen) atoms. The number of nitrogens with one attached hydrogen (secondary N) is 1. The lowest BCUT2D eigenvalue weighted by Crippen LogP contribution is -2.35. The highest BCUT2D eigenvalue weighted by Gasteiger charge is 2.34. The number of rotatable bonds is 4. The number of nitrogens with zero attached hydrogens (tertiary/aromatic N) is 6. The number of amidine groups is 2. The summed E-state index contributed by atoms with van der Waals surface area (Å²) in [7, 11) is 0. The van der Waals surface area contributed by atoms with Crippen molar-refractivity contribution in [1.29, 1.82) is 5.41 Å². The van der Waals surface area contributed by atoms with Crippen LogP contribution in [-0.4, -0.2) is 41.6 Å². The number of halogens is 1. The van der Waals surface area contributed by atoms with Gasteiger partial charge in [-0.2, -0.15) is 24.7 Å². The first-order valence-corrected chi connectivity index (χ1v) is 11.5. The third kappa shape index (κ3) is 4.08. The molecule has 0 bridgehead atoms. The van der Waals surface area contributed by atoms with Gasteiger partial charge in [-0.05, 0) is 49.4 Å². The molecule has 0 radical (unpaired) electrons. The van der Waals surface area contributed by atoms with Gasteiger partial charge < -0.3 is 4.74 Å². The van der Waals surface area contributed by atoms with Gasteiger partial charge in [0.1, 0.15) is 17.4 Å². The molecular formula is C20H14ClN7O3S2. The first-order valence-electron chi connectivity index (χ1n) is 9.54. The molecule has 1 amide bonds. The zero-order valence-electron chi connectivity index (χ0n) is 17.2. The van der Waals surface area contributed by atoms with E-state index in [1.54, 1.807) is 32.0 Å². The lowest BCUT2D eigenvalue weighted by atomic mass is 10.1. The van der Waals surface area contributed by atoms with Gasteiger partial charge in [0, 0.05) is 6.07 Å². The van der Waals surface area contributed by atoms with Gasteiger partial charge in [-0.3, -0.25) is 15.0 Å². The monoisotopic (exact) mass is 499 g/mol. The van der Waals surface area contributed by atoms with Gasteiger partial charge in [-0.1, -0.05) is 29.0 Å². The second-order valence-electron chi connectivity index (χ2n) is 7.02. The quantitative estimate of drug-likeness (QED) is 0.545. The third-order valence-electron chi connectivity index (χ3n) is 4.60. The Morgan fingerprint density at radius 3 is 2.85 bits per heavy atom. The van der Waals surface area contributed by atoms with Crippen LogP contribution in [0.25, 0.3) is 11.0 Å². The molecule has 0 fully saturated rings. The Bertz CT molecular complexity index is 1510. The number of thioether (sulfide) groups is 1. The maximum Gasteiger partial charge on any atom is 0.283 e. The SMILES string of the molecule is CC1=NN2C(=N)/C(=C/c3ccc(OCc4cc(=O)n5nc(C)sc5n4)c(Cl)c3)C(=O)N=C2S1. The van der Waals surface area contributed by atoms with Crippen molar-refractivity contribution in [2.75, 3.05) is 0 Å². The first kappa shape index (κ1) is 21.5. The fourth-order valence-electron chi connectivity index (χ4n) is 3.16. The molecule has 0 aliphatic carbocycles. The van der Waals surface area contributed by atoms with E-state index in [1.807, 2.05) is 0 Å². The van der Waals surface area contributed by atoms with Crippen molar-refractivity contribution in [2.45, 2.75) is 20.5 Å². The Morgan fingerprint density at radius 2 is 2.06 bits per heavy atom. The topological polar surface area (TPSA) is 125 Å². The number of aromatic nitrogens is 3.